The molecule has 0 amide bonds. The Labute approximate surface area is 168 Å². The van der Waals surface area contributed by atoms with Crippen molar-refractivity contribution < 1.29 is 22.0 Å². The summed E-state index contributed by atoms with van der Waals surface area (Å²) in [6.07, 6.45) is -5.08. The Morgan fingerprint density at radius 2 is 1.88 bits per heavy atom. The van der Waals surface area contributed by atoms with Crippen LogP contribution >= 0.6 is 24.0 Å². The van der Waals surface area contributed by atoms with Crippen LogP contribution in [0.5, 0.6) is 0 Å². The van der Waals surface area contributed by atoms with Crippen LogP contribution in [0.2, 0.25) is 0 Å². The first kappa shape index (κ1) is 25.6. The van der Waals surface area contributed by atoms with Gasteiger partial charge in [0.05, 0.1) is 19.6 Å². The van der Waals surface area contributed by atoms with Crippen molar-refractivity contribution in [1.82, 2.24) is 20.4 Å². The van der Waals surface area contributed by atoms with Crippen LogP contribution in [0.3, 0.4) is 0 Å². The van der Waals surface area contributed by atoms with Crippen molar-refractivity contribution in [2.24, 2.45) is 4.99 Å². The minimum Gasteiger partial charge on any atom is -0.357 e. The van der Waals surface area contributed by atoms with E-state index in [1.54, 1.807) is 4.90 Å². The van der Waals surface area contributed by atoms with Crippen LogP contribution in [-0.2, 0) is 0 Å². The summed E-state index contributed by atoms with van der Waals surface area (Å²) in [7, 11) is 1.40. The molecule has 26 heavy (non-hydrogen) atoms. The second kappa shape index (κ2) is 12.9. The third kappa shape index (κ3) is 12.0. The first-order chi connectivity index (χ1) is 11.7. The summed E-state index contributed by atoms with van der Waals surface area (Å²) in [5.41, 5.74) is 0. The third-order valence-corrected chi connectivity index (χ3v) is 3.87. The quantitative estimate of drug-likeness (QED) is 0.232. The lowest BCUT2D eigenvalue weighted by molar-refractivity contribution is -0.142. The molecule has 0 spiro atoms. The van der Waals surface area contributed by atoms with E-state index in [0.717, 1.165) is 12.8 Å². The number of piperidine rings is 1. The molecule has 1 aliphatic heterocycles. The molecule has 11 heteroatoms. The van der Waals surface area contributed by atoms with Crippen LogP contribution in [0.1, 0.15) is 19.8 Å². The van der Waals surface area contributed by atoms with E-state index in [9.17, 15) is 22.0 Å². The molecular weight excluding hydrogens is 472 g/mol. The number of nitrogens with one attached hydrogen (secondary N) is 2. The maximum absolute atomic E-state index is 12.4. The van der Waals surface area contributed by atoms with E-state index in [2.05, 4.69) is 15.6 Å². The molecule has 0 aromatic carbocycles. The largest absolute Gasteiger partial charge is 0.401 e. The Kier molecular flexibility index (Phi) is 12.7. The zero-order valence-corrected chi connectivity index (χ0v) is 17.5. The third-order valence-electron chi connectivity index (χ3n) is 3.87. The van der Waals surface area contributed by atoms with Gasteiger partial charge in [-0.15, -0.1) is 24.0 Å². The van der Waals surface area contributed by atoms with Gasteiger partial charge in [0, 0.05) is 32.2 Å². The molecule has 1 rings (SSSR count). The normalized spacial score (nSPS) is 17.5. The topological polar surface area (TPSA) is 42.9 Å². The van der Waals surface area contributed by atoms with Crippen molar-refractivity contribution in [2.45, 2.75) is 38.4 Å². The number of nitrogens with zero attached hydrogens (tertiary/aromatic N) is 3. The van der Waals surface area contributed by atoms with Crippen molar-refractivity contribution in [3.8, 4) is 0 Å². The monoisotopic (exact) mass is 501 g/mol. The van der Waals surface area contributed by atoms with E-state index in [4.69, 9.17) is 0 Å². The van der Waals surface area contributed by atoms with E-state index >= 15 is 0 Å². The Hall–Kier alpha value is -0.430. The van der Waals surface area contributed by atoms with E-state index < -0.39 is 19.1 Å². The van der Waals surface area contributed by atoms with Gasteiger partial charge in [-0.25, -0.2) is 8.78 Å². The molecule has 1 fully saturated rings. The second-order valence-electron chi connectivity index (χ2n) is 6.22. The number of guanidine groups is 1. The fourth-order valence-electron chi connectivity index (χ4n) is 2.69. The SMILES string of the molecule is CCNC(=NCCN(C)CC(F)(F)F)NC1CCN(CC(F)F)CC1.I. The highest BCUT2D eigenvalue weighted by Crippen LogP contribution is 2.15. The number of hydrogen-bond donors (Lipinski definition) is 2. The van der Waals surface area contributed by atoms with Gasteiger partial charge in [-0.3, -0.25) is 14.8 Å². The number of aliphatic imine (C=N–C) groups is 1. The van der Waals surface area contributed by atoms with Crippen molar-refractivity contribution >= 4 is 29.9 Å². The van der Waals surface area contributed by atoms with Crippen molar-refractivity contribution in [3.05, 3.63) is 0 Å². The predicted octanol–water partition coefficient (Wildman–Crippen LogP) is 2.38. The van der Waals surface area contributed by atoms with E-state index in [1.807, 2.05) is 6.92 Å². The van der Waals surface area contributed by atoms with Gasteiger partial charge in [0.15, 0.2) is 5.96 Å². The number of rotatable bonds is 8. The molecule has 0 radical (unpaired) electrons. The van der Waals surface area contributed by atoms with Crippen LogP contribution < -0.4 is 10.6 Å². The summed E-state index contributed by atoms with van der Waals surface area (Å²) in [6.45, 7) is 2.99. The highest BCUT2D eigenvalue weighted by atomic mass is 127. The van der Waals surface area contributed by atoms with Crippen molar-refractivity contribution in [2.75, 3.05) is 52.9 Å². The molecule has 0 saturated carbocycles. The van der Waals surface area contributed by atoms with Crippen LogP contribution in [0.25, 0.3) is 0 Å². The highest BCUT2D eigenvalue weighted by molar-refractivity contribution is 14.0. The van der Waals surface area contributed by atoms with Gasteiger partial charge in [0.2, 0.25) is 0 Å². The molecule has 1 aliphatic rings. The maximum atomic E-state index is 12.4. The number of likely N-dealkylation sites (tertiary alicyclic amines) is 1. The molecule has 156 valence electrons. The summed E-state index contributed by atoms with van der Waals surface area (Å²) < 4.78 is 61.6. The highest BCUT2D eigenvalue weighted by Gasteiger charge is 2.28. The average molecular weight is 501 g/mol. The first-order valence-electron chi connectivity index (χ1n) is 8.50. The van der Waals surface area contributed by atoms with Gasteiger partial charge < -0.3 is 10.6 Å². The fourth-order valence-corrected chi connectivity index (χ4v) is 2.69. The average Bonchev–Trinajstić information content (AvgIpc) is 2.47. The van der Waals surface area contributed by atoms with Gasteiger partial charge in [0.25, 0.3) is 6.43 Å². The predicted molar refractivity (Wildman–Crippen MR) is 104 cm³/mol. The van der Waals surface area contributed by atoms with Gasteiger partial charge >= 0.3 is 6.18 Å². The molecule has 0 aromatic rings. The maximum Gasteiger partial charge on any atom is 0.401 e. The lowest BCUT2D eigenvalue weighted by Crippen LogP contribution is -2.49. The molecule has 1 saturated heterocycles. The second-order valence-corrected chi connectivity index (χ2v) is 6.22. The van der Waals surface area contributed by atoms with Gasteiger partial charge in [-0.05, 0) is 26.8 Å². The Morgan fingerprint density at radius 1 is 1.27 bits per heavy atom. The zero-order valence-electron chi connectivity index (χ0n) is 15.2. The van der Waals surface area contributed by atoms with Gasteiger partial charge in [0.1, 0.15) is 0 Å². The summed E-state index contributed by atoms with van der Waals surface area (Å²) >= 11 is 0. The molecule has 0 bridgehead atoms. The summed E-state index contributed by atoms with van der Waals surface area (Å²) in [5.74, 6) is 0.551. The molecule has 1 heterocycles. The lowest BCUT2D eigenvalue weighted by atomic mass is 10.1. The van der Waals surface area contributed by atoms with Crippen molar-refractivity contribution in [1.29, 1.82) is 0 Å². The Bertz CT molecular complexity index is 400. The number of likely N-dealkylation sites (N-methyl/N-ethyl adjacent to an activating group) is 1. The fraction of sp³-hybridized carbons (Fsp3) is 0.933. The molecule has 0 unspecified atom stereocenters. The van der Waals surface area contributed by atoms with Gasteiger partial charge in [-0.2, -0.15) is 13.2 Å². The summed E-state index contributed by atoms with van der Waals surface area (Å²) in [4.78, 5) is 7.21. The smallest absolute Gasteiger partial charge is 0.357 e. The van der Waals surface area contributed by atoms with Crippen LogP contribution in [0.15, 0.2) is 4.99 Å². The number of hydrogen-bond acceptors (Lipinski definition) is 3. The van der Waals surface area contributed by atoms with Crippen molar-refractivity contribution in [3.63, 3.8) is 0 Å². The van der Waals surface area contributed by atoms with E-state index in [0.29, 0.717) is 25.6 Å². The standard InChI is InChI=1S/C15H28F5N5.HI/c1-3-21-14(22-6-9-24(2)11-15(18,19)20)23-12-4-7-25(8-5-12)10-13(16)17;/h12-13H,3-11H2,1-2H3,(H2,21,22,23);1H. The molecule has 0 aliphatic carbocycles. The number of alkyl halides is 5. The van der Waals surface area contributed by atoms with Crippen LogP contribution in [-0.4, -0.2) is 87.3 Å². The molecule has 2 N–H and O–H groups in total. The van der Waals surface area contributed by atoms with Crippen LogP contribution in [0.4, 0.5) is 22.0 Å². The first-order valence-corrected chi connectivity index (χ1v) is 8.50. The molecule has 0 aromatic heterocycles. The molecule has 0 atom stereocenters. The number of halogens is 6. The zero-order chi connectivity index (χ0) is 18.9. The lowest BCUT2D eigenvalue weighted by Gasteiger charge is -2.32. The minimum atomic E-state index is -4.21. The Balaban J connectivity index is 0.00000625. The summed E-state index contributed by atoms with van der Waals surface area (Å²) in [6, 6.07) is 0.125. The minimum absolute atomic E-state index is 0. The van der Waals surface area contributed by atoms with Gasteiger partial charge in [-0.1, -0.05) is 0 Å². The van der Waals surface area contributed by atoms with E-state index in [1.165, 1.54) is 11.9 Å². The molecule has 5 nitrogen and oxygen atoms in total. The van der Waals surface area contributed by atoms with E-state index in [-0.39, 0.29) is 49.7 Å². The Morgan fingerprint density at radius 3 is 2.38 bits per heavy atom. The summed E-state index contributed by atoms with van der Waals surface area (Å²) in [5, 5.41) is 6.30. The molecular formula is C15H29F5IN5. The van der Waals surface area contributed by atoms with Crippen LogP contribution in [0, 0.1) is 0 Å².